The molecule has 34 heavy (non-hydrogen) atoms. The van der Waals surface area contributed by atoms with Crippen molar-refractivity contribution in [2.24, 2.45) is 0 Å². The molecule has 0 fully saturated rings. The Morgan fingerprint density at radius 2 is 1.82 bits per heavy atom. The summed E-state index contributed by atoms with van der Waals surface area (Å²) in [5.41, 5.74) is 0.945. The molecular formula is C22H21ClF3N5O3. The second-order valence-electron chi connectivity index (χ2n) is 7.29. The smallest absolute Gasteiger partial charge is 0.395 e. The maximum Gasteiger partial charge on any atom is 0.416 e. The lowest BCUT2D eigenvalue weighted by Gasteiger charge is -2.10. The predicted molar refractivity (Wildman–Crippen MR) is 121 cm³/mol. The number of hydrogen-bond donors (Lipinski definition) is 4. The van der Waals surface area contributed by atoms with E-state index in [2.05, 4.69) is 20.9 Å². The molecule has 3 amide bonds. The lowest BCUT2D eigenvalue weighted by molar-refractivity contribution is -0.137. The molecule has 0 unspecified atom stereocenters. The zero-order chi connectivity index (χ0) is 24.9. The van der Waals surface area contributed by atoms with Crippen molar-refractivity contribution in [3.8, 4) is 0 Å². The van der Waals surface area contributed by atoms with Crippen LogP contribution in [0.25, 0.3) is 0 Å². The molecule has 12 heteroatoms. The average Bonchev–Trinajstić information content (AvgIpc) is 3.15. The Balaban J connectivity index is 1.80. The number of nitrogens with one attached hydrogen (secondary N) is 3. The number of amides is 3. The summed E-state index contributed by atoms with van der Waals surface area (Å²) in [7, 11) is 0. The Morgan fingerprint density at radius 1 is 1.12 bits per heavy atom. The van der Waals surface area contributed by atoms with Gasteiger partial charge in [-0.25, -0.2) is 9.78 Å². The van der Waals surface area contributed by atoms with E-state index in [0.29, 0.717) is 16.3 Å². The van der Waals surface area contributed by atoms with E-state index in [1.54, 1.807) is 25.1 Å². The molecular weight excluding hydrogens is 475 g/mol. The van der Waals surface area contributed by atoms with Gasteiger partial charge < -0.3 is 20.3 Å². The fourth-order valence-corrected chi connectivity index (χ4v) is 3.29. The molecule has 4 N–H and O–H groups in total. The number of hydrogen-bond acceptors (Lipinski definition) is 4. The van der Waals surface area contributed by atoms with E-state index in [4.69, 9.17) is 16.7 Å². The number of aliphatic hydroxyl groups excluding tert-OH is 1. The second kappa shape index (κ2) is 10.6. The summed E-state index contributed by atoms with van der Waals surface area (Å²) in [4.78, 5) is 29.0. The zero-order valence-corrected chi connectivity index (χ0v) is 18.7. The first-order valence-corrected chi connectivity index (χ1v) is 10.4. The number of rotatable bonds is 7. The van der Waals surface area contributed by atoms with Gasteiger partial charge in [0, 0.05) is 30.0 Å². The van der Waals surface area contributed by atoms with Gasteiger partial charge in [-0.1, -0.05) is 23.7 Å². The number of halogens is 4. The number of carbonyl (C=O) groups excluding carboxylic acids is 2. The summed E-state index contributed by atoms with van der Waals surface area (Å²) in [6, 6.07) is 8.78. The van der Waals surface area contributed by atoms with Crippen molar-refractivity contribution in [1.82, 2.24) is 14.9 Å². The molecule has 0 atom stereocenters. The minimum atomic E-state index is -4.46. The van der Waals surface area contributed by atoms with Crippen LogP contribution < -0.4 is 16.0 Å². The molecule has 8 nitrogen and oxygen atoms in total. The third kappa shape index (κ3) is 6.49. The van der Waals surface area contributed by atoms with Gasteiger partial charge in [-0.3, -0.25) is 10.1 Å². The number of imidazole rings is 1. The van der Waals surface area contributed by atoms with E-state index in [0.717, 1.165) is 17.7 Å². The van der Waals surface area contributed by atoms with Crippen molar-refractivity contribution in [3.05, 3.63) is 76.2 Å². The number of aliphatic hydroxyl groups is 1. The summed E-state index contributed by atoms with van der Waals surface area (Å²) < 4.78 is 39.8. The van der Waals surface area contributed by atoms with Crippen LogP contribution in [0.4, 0.5) is 29.5 Å². The molecule has 0 radical (unpaired) electrons. The molecule has 3 rings (SSSR count). The molecule has 1 heterocycles. The van der Waals surface area contributed by atoms with E-state index in [1.165, 1.54) is 22.9 Å². The first-order chi connectivity index (χ1) is 16.1. The van der Waals surface area contributed by atoms with Crippen LogP contribution in [-0.2, 0) is 12.7 Å². The Morgan fingerprint density at radius 3 is 2.44 bits per heavy atom. The highest BCUT2D eigenvalue weighted by molar-refractivity contribution is 6.30. The summed E-state index contributed by atoms with van der Waals surface area (Å²) in [6.45, 7) is 1.47. The van der Waals surface area contributed by atoms with Crippen LogP contribution in [0.3, 0.4) is 0 Å². The average molecular weight is 496 g/mol. The predicted octanol–water partition coefficient (Wildman–Crippen LogP) is 4.28. The maximum absolute atomic E-state index is 12.8. The van der Waals surface area contributed by atoms with Crippen molar-refractivity contribution in [2.75, 3.05) is 23.8 Å². The Bertz CT molecular complexity index is 1180. The maximum atomic E-state index is 12.8. The molecule has 2 aromatic carbocycles. The van der Waals surface area contributed by atoms with E-state index in [1.807, 2.05) is 0 Å². The molecule has 0 saturated carbocycles. The fraction of sp³-hybridized carbons (Fsp3) is 0.227. The lowest BCUT2D eigenvalue weighted by atomic mass is 10.1. The largest absolute Gasteiger partial charge is 0.416 e. The van der Waals surface area contributed by atoms with Crippen LogP contribution in [0.5, 0.6) is 0 Å². The SMILES string of the molecule is Cc1cc(Cl)ccc1NC(=O)Nc1cn(Cc2ccc(C(F)(F)F)cc2)c(C(=O)NCCO)n1. The highest BCUT2D eigenvalue weighted by Gasteiger charge is 2.30. The van der Waals surface area contributed by atoms with Gasteiger partial charge in [0.25, 0.3) is 5.91 Å². The van der Waals surface area contributed by atoms with Gasteiger partial charge >= 0.3 is 12.2 Å². The number of urea groups is 1. The van der Waals surface area contributed by atoms with Crippen molar-refractivity contribution < 1.29 is 27.9 Å². The quantitative estimate of drug-likeness (QED) is 0.392. The summed E-state index contributed by atoms with van der Waals surface area (Å²) in [5, 5.41) is 17.1. The van der Waals surface area contributed by atoms with Crippen LogP contribution in [0, 0.1) is 6.92 Å². The molecule has 180 valence electrons. The normalized spacial score (nSPS) is 11.2. The number of alkyl halides is 3. The summed E-state index contributed by atoms with van der Waals surface area (Å²) >= 11 is 5.92. The number of aryl methyl sites for hydroxylation is 1. The van der Waals surface area contributed by atoms with Crippen molar-refractivity contribution in [3.63, 3.8) is 0 Å². The van der Waals surface area contributed by atoms with Gasteiger partial charge in [0.2, 0.25) is 5.82 Å². The van der Waals surface area contributed by atoms with Crippen LogP contribution in [0.1, 0.15) is 27.3 Å². The number of benzene rings is 2. The Kier molecular flexibility index (Phi) is 7.79. The molecule has 0 spiro atoms. The minimum Gasteiger partial charge on any atom is -0.395 e. The van der Waals surface area contributed by atoms with Gasteiger partial charge in [0.1, 0.15) is 0 Å². The number of carbonyl (C=O) groups is 2. The second-order valence-corrected chi connectivity index (χ2v) is 7.73. The van der Waals surface area contributed by atoms with E-state index < -0.39 is 23.7 Å². The lowest BCUT2D eigenvalue weighted by Crippen LogP contribution is -2.29. The van der Waals surface area contributed by atoms with Crippen molar-refractivity contribution in [2.45, 2.75) is 19.6 Å². The minimum absolute atomic E-state index is 0.0204. The van der Waals surface area contributed by atoms with Gasteiger partial charge in [0.15, 0.2) is 5.82 Å². The van der Waals surface area contributed by atoms with E-state index >= 15 is 0 Å². The molecule has 0 aliphatic heterocycles. The fourth-order valence-electron chi connectivity index (χ4n) is 3.06. The van der Waals surface area contributed by atoms with Crippen LogP contribution in [0.15, 0.2) is 48.7 Å². The first-order valence-electron chi connectivity index (χ1n) is 10.0. The molecule has 0 aliphatic carbocycles. The van der Waals surface area contributed by atoms with Gasteiger partial charge in [0.05, 0.1) is 12.2 Å². The Labute approximate surface area is 197 Å². The van der Waals surface area contributed by atoms with Crippen molar-refractivity contribution in [1.29, 1.82) is 0 Å². The Hall–Kier alpha value is -3.57. The molecule has 0 bridgehead atoms. The number of nitrogens with zero attached hydrogens (tertiary/aromatic N) is 2. The molecule has 1 aromatic heterocycles. The first kappa shape index (κ1) is 25.1. The summed E-state index contributed by atoms with van der Waals surface area (Å²) in [5.74, 6) is -0.667. The molecule has 0 saturated heterocycles. The monoisotopic (exact) mass is 495 g/mol. The molecule has 0 aliphatic rings. The molecule has 3 aromatic rings. The van der Waals surface area contributed by atoms with Crippen LogP contribution >= 0.6 is 11.6 Å². The van der Waals surface area contributed by atoms with Gasteiger partial charge in [-0.15, -0.1) is 0 Å². The highest BCUT2D eigenvalue weighted by atomic mass is 35.5. The summed E-state index contributed by atoms with van der Waals surface area (Å²) in [6.07, 6.45) is -3.07. The van der Waals surface area contributed by atoms with Crippen LogP contribution in [-0.4, -0.2) is 39.7 Å². The van der Waals surface area contributed by atoms with E-state index in [9.17, 15) is 22.8 Å². The third-order valence-electron chi connectivity index (χ3n) is 4.69. The number of anilines is 2. The standard InChI is InChI=1S/C22H21ClF3N5O3/c1-13-10-16(23)6-7-17(13)28-21(34)30-18-12-31(19(29-18)20(33)27-8-9-32)11-14-2-4-15(5-3-14)22(24,25)26/h2-7,10,12,32H,8-9,11H2,1H3,(H,27,33)(H2,28,30,34). The van der Waals surface area contributed by atoms with Gasteiger partial charge in [-0.2, -0.15) is 13.2 Å². The van der Waals surface area contributed by atoms with E-state index in [-0.39, 0.29) is 31.3 Å². The topological polar surface area (TPSA) is 108 Å². The zero-order valence-electron chi connectivity index (χ0n) is 17.9. The number of aromatic nitrogens is 2. The van der Waals surface area contributed by atoms with Crippen molar-refractivity contribution >= 4 is 35.0 Å². The van der Waals surface area contributed by atoms with Crippen LogP contribution in [0.2, 0.25) is 5.02 Å². The highest BCUT2D eigenvalue weighted by Crippen LogP contribution is 2.29. The van der Waals surface area contributed by atoms with Gasteiger partial charge in [-0.05, 0) is 48.4 Å². The third-order valence-corrected chi connectivity index (χ3v) is 4.92.